The van der Waals surface area contributed by atoms with Gasteiger partial charge < -0.3 is 4.90 Å². The minimum absolute atomic E-state index is 0.00494. The molecule has 0 aromatic heterocycles. The van der Waals surface area contributed by atoms with Crippen molar-refractivity contribution in [1.29, 1.82) is 0 Å². The highest BCUT2D eigenvalue weighted by atomic mass is 32.2. The number of benzene rings is 2. The average molecular weight is 385 g/mol. The number of anilines is 2. The standard InChI is InChI=1S/C19H16N2OS3/c1-3-21-18(22)17(25-19(21)23)11-12-8-9-14-16(10-12)24-15-7-5-4-6-13(15)20(14)2/h4-11H,3H2,1-2H3. The quantitative estimate of drug-likeness (QED) is 0.527. The Hall–Kier alpha value is -1.76. The molecule has 25 heavy (non-hydrogen) atoms. The summed E-state index contributed by atoms with van der Waals surface area (Å²) in [4.78, 5) is 19.4. The van der Waals surface area contributed by atoms with Crippen LogP contribution >= 0.6 is 35.7 Å². The molecule has 3 nitrogen and oxygen atoms in total. The fourth-order valence-corrected chi connectivity index (χ4v) is 5.55. The van der Waals surface area contributed by atoms with Gasteiger partial charge in [0.15, 0.2) is 0 Å². The summed E-state index contributed by atoms with van der Waals surface area (Å²) in [6.07, 6.45) is 1.94. The first-order valence-corrected chi connectivity index (χ1v) is 10.0. The van der Waals surface area contributed by atoms with Gasteiger partial charge >= 0.3 is 0 Å². The van der Waals surface area contributed by atoms with Crippen molar-refractivity contribution in [3.05, 3.63) is 52.9 Å². The third-order valence-corrected chi connectivity index (χ3v) is 6.77. The molecule has 126 valence electrons. The number of fused-ring (bicyclic) bond motifs is 2. The van der Waals surface area contributed by atoms with Crippen molar-refractivity contribution in [1.82, 2.24) is 4.90 Å². The number of rotatable bonds is 2. The van der Waals surface area contributed by atoms with Crippen molar-refractivity contribution in [2.75, 3.05) is 18.5 Å². The third kappa shape index (κ3) is 2.88. The monoisotopic (exact) mass is 384 g/mol. The summed E-state index contributed by atoms with van der Waals surface area (Å²) in [5, 5.41) is 0. The molecule has 1 saturated heterocycles. The minimum atomic E-state index is 0.00494. The van der Waals surface area contributed by atoms with Crippen LogP contribution in [0.2, 0.25) is 0 Å². The first kappa shape index (κ1) is 16.7. The van der Waals surface area contributed by atoms with Crippen LogP contribution in [0.4, 0.5) is 11.4 Å². The summed E-state index contributed by atoms with van der Waals surface area (Å²) in [7, 11) is 2.09. The lowest BCUT2D eigenvalue weighted by molar-refractivity contribution is -0.121. The van der Waals surface area contributed by atoms with Crippen molar-refractivity contribution in [2.45, 2.75) is 16.7 Å². The van der Waals surface area contributed by atoms with Gasteiger partial charge in [0.05, 0.1) is 16.3 Å². The van der Waals surface area contributed by atoms with Gasteiger partial charge in [-0.15, -0.1) is 0 Å². The molecule has 2 aliphatic heterocycles. The Balaban J connectivity index is 1.69. The van der Waals surface area contributed by atoms with Gasteiger partial charge in [0.1, 0.15) is 4.32 Å². The molecule has 2 heterocycles. The molecule has 0 atom stereocenters. The lowest BCUT2D eigenvalue weighted by Gasteiger charge is -2.29. The first-order chi connectivity index (χ1) is 12.1. The van der Waals surface area contributed by atoms with Crippen molar-refractivity contribution >= 4 is 63.4 Å². The Morgan fingerprint density at radius 3 is 2.60 bits per heavy atom. The van der Waals surface area contributed by atoms with E-state index in [1.54, 1.807) is 16.7 Å². The van der Waals surface area contributed by atoms with Gasteiger partial charge in [-0.3, -0.25) is 9.69 Å². The fraction of sp³-hybridized carbons (Fsp3) is 0.158. The van der Waals surface area contributed by atoms with Gasteiger partial charge in [-0.25, -0.2) is 0 Å². The van der Waals surface area contributed by atoms with E-state index < -0.39 is 0 Å². The number of carbonyl (C=O) groups is 1. The maximum absolute atomic E-state index is 12.4. The second-order valence-electron chi connectivity index (χ2n) is 5.78. The smallest absolute Gasteiger partial charge is 0.266 e. The molecule has 0 aliphatic carbocycles. The third-order valence-electron chi connectivity index (χ3n) is 4.28. The van der Waals surface area contributed by atoms with E-state index in [2.05, 4.69) is 54.4 Å². The molecule has 0 N–H and O–H groups in total. The van der Waals surface area contributed by atoms with E-state index >= 15 is 0 Å². The predicted octanol–water partition coefficient (Wildman–Crippen LogP) is 5.14. The van der Waals surface area contributed by atoms with Crippen molar-refractivity contribution in [2.24, 2.45) is 0 Å². The van der Waals surface area contributed by atoms with Crippen LogP contribution < -0.4 is 4.90 Å². The number of hydrogen-bond acceptors (Lipinski definition) is 5. The number of likely N-dealkylation sites (N-methyl/N-ethyl adjacent to an activating group) is 1. The van der Waals surface area contributed by atoms with Crippen LogP contribution in [0, 0.1) is 0 Å². The second kappa shape index (κ2) is 6.52. The Morgan fingerprint density at radius 2 is 1.84 bits per heavy atom. The molecule has 0 radical (unpaired) electrons. The highest BCUT2D eigenvalue weighted by molar-refractivity contribution is 8.26. The molecule has 0 bridgehead atoms. The summed E-state index contributed by atoms with van der Waals surface area (Å²) in [5.41, 5.74) is 3.43. The van der Waals surface area contributed by atoms with Crippen LogP contribution in [0.1, 0.15) is 12.5 Å². The molecular weight excluding hydrogens is 368 g/mol. The predicted molar refractivity (Wildman–Crippen MR) is 111 cm³/mol. The Bertz CT molecular complexity index is 923. The highest BCUT2D eigenvalue weighted by Gasteiger charge is 2.30. The molecule has 6 heteroatoms. The van der Waals surface area contributed by atoms with E-state index in [9.17, 15) is 4.79 Å². The van der Waals surface area contributed by atoms with E-state index in [-0.39, 0.29) is 5.91 Å². The van der Waals surface area contributed by atoms with E-state index in [4.69, 9.17) is 12.2 Å². The summed E-state index contributed by atoms with van der Waals surface area (Å²) in [5.74, 6) is 0.00494. The van der Waals surface area contributed by atoms with Crippen LogP contribution in [0.5, 0.6) is 0 Å². The van der Waals surface area contributed by atoms with Gasteiger partial charge in [-0.2, -0.15) is 0 Å². The number of thioether (sulfide) groups is 1. The van der Waals surface area contributed by atoms with Crippen molar-refractivity contribution in [3.63, 3.8) is 0 Å². The molecule has 1 fully saturated rings. The summed E-state index contributed by atoms with van der Waals surface area (Å²) in [6.45, 7) is 2.56. The van der Waals surface area contributed by atoms with Gasteiger partial charge in [-0.1, -0.05) is 53.9 Å². The van der Waals surface area contributed by atoms with Gasteiger partial charge in [0, 0.05) is 23.4 Å². The summed E-state index contributed by atoms with van der Waals surface area (Å²) < 4.78 is 0.639. The molecule has 0 spiro atoms. The van der Waals surface area contributed by atoms with E-state index in [0.717, 1.165) is 5.56 Å². The maximum Gasteiger partial charge on any atom is 0.266 e. The number of amides is 1. The van der Waals surface area contributed by atoms with Gasteiger partial charge in [-0.05, 0) is 42.8 Å². The van der Waals surface area contributed by atoms with Gasteiger partial charge in [0.2, 0.25) is 0 Å². The lowest BCUT2D eigenvalue weighted by Crippen LogP contribution is -2.27. The zero-order valence-electron chi connectivity index (χ0n) is 13.9. The molecule has 2 aromatic rings. The Labute approximate surface area is 161 Å². The summed E-state index contributed by atoms with van der Waals surface area (Å²) >= 11 is 8.43. The first-order valence-electron chi connectivity index (χ1n) is 7.98. The van der Waals surface area contributed by atoms with E-state index in [1.807, 2.05) is 13.0 Å². The van der Waals surface area contributed by atoms with Crippen molar-refractivity contribution < 1.29 is 4.79 Å². The van der Waals surface area contributed by atoms with Gasteiger partial charge in [0.25, 0.3) is 5.91 Å². The average Bonchev–Trinajstić information content (AvgIpc) is 2.88. The number of para-hydroxylation sites is 1. The van der Waals surface area contributed by atoms with Crippen LogP contribution in [0.25, 0.3) is 6.08 Å². The number of carbonyl (C=O) groups excluding carboxylic acids is 1. The fourth-order valence-electron chi connectivity index (χ4n) is 2.97. The van der Waals surface area contributed by atoms with Crippen LogP contribution in [-0.2, 0) is 4.79 Å². The Morgan fingerprint density at radius 1 is 1.08 bits per heavy atom. The number of nitrogens with zero attached hydrogens (tertiary/aromatic N) is 2. The van der Waals surface area contributed by atoms with E-state index in [0.29, 0.717) is 15.8 Å². The van der Waals surface area contributed by atoms with Crippen LogP contribution in [0.3, 0.4) is 0 Å². The second-order valence-corrected chi connectivity index (χ2v) is 8.54. The number of thiocarbonyl (C=S) groups is 1. The summed E-state index contributed by atoms with van der Waals surface area (Å²) in [6, 6.07) is 14.7. The zero-order valence-corrected chi connectivity index (χ0v) is 16.3. The minimum Gasteiger partial charge on any atom is -0.343 e. The largest absolute Gasteiger partial charge is 0.343 e. The highest BCUT2D eigenvalue weighted by Crippen LogP contribution is 2.47. The SMILES string of the molecule is CCN1C(=O)C(=Cc2ccc3c(c2)Sc2ccccc2N3C)SC1=S. The van der Waals surface area contributed by atoms with Crippen molar-refractivity contribution in [3.8, 4) is 0 Å². The molecule has 2 aromatic carbocycles. The molecular formula is C19H16N2OS3. The molecule has 2 aliphatic rings. The topological polar surface area (TPSA) is 23.6 Å². The van der Waals surface area contributed by atoms with Crippen LogP contribution in [0.15, 0.2) is 57.2 Å². The molecule has 0 saturated carbocycles. The van der Waals surface area contributed by atoms with Crippen LogP contribution in [-0.4, -0.2) is 28.7 Å². The maximum atomic E-state index is 12.4. The van der Waals surface area contributed by atoms with E-state index in [1.165, 1.54) is 32.9 Å². The lowest BCUT2D eigenvalue weighted by atomic mass is 10.1. The molecule has 1 amide bonds. The number of hydrogen-bond donors (Lipinski definition) is 0. The molecule has 4 rings (SSSR count). The Kier molecular flexibility index (Phi) is 4.35. The zero-order chi connectivity index (χ0) is 17.6. The molecule has 0 unspecified atom stereocenters. The normalized spacial score (nSPS) is 17.9.